The van der Waals surface area contributed by atoms with Crippen molar-refractivity contribution in [1.82, 2.24) is 20.0 Å². The summed E-state index contributed by atoms with van der Waals surface area (Å²) < 4.78 is 10.7. The van der Waals surface area contributed by atoms with Gasteiger partial charge in [-0.3, -0.25) is 4.90 Å². The summed E-state index contributed by atoms with van der Waals surface area (Å²) in [6.45, 7) is 4.59. The van der Waals surface area contributed by atoms with Gasteiger partial charge in [-0.15, -0.1) is 0 Å². The average molecular weight is 324 g/mol. The topological polar surface area (TPSA) is 68.2 Å². The number of rotatable bonds is 4. The largest absolute Gasteiger partial charge is 0.444 e. The van der Waals surface area contributed by atoms with Crippen LogP contribution in [0.3, 0.4) is 0 Å². The van der Waals surface area contributed by atoms with Crippen molar-refractivity contribution in [1.29, 1.82) is 0 Å². The van der Waals surface area contributed by atoms with Crippen LogP contribution in [0.1, 0.15) is 36.2 Å². The molecule has 0 saturated carbocycles. The maximum absolute atomic E-state index is 5.63. The third-order valence-electron chi connectivity index (χ3n) is 4.37. The zero-order valence-electron chi connectivity index (χ0n) is 13.7. The molecule has 0 unspecified atom stereocenters. The number of likely N-dealkylation sites (tertiary alicyclic amines) is 1. The molecular weight excluding hydrogens is 304 g/mol. The molecule has 3 aromatic rings. The first-order valence-corrected chi connectivity index (χ1v) is 8.30. The molecule has 0 bridgehead atoms. The normalized spacial score (nSPS) is 18.8. The van der Waals surface area contributed by atoms with Crippen LogP contribution in [0, 0.1) is 6.92 Å². The lowest BCUT2D eigenvalue weighted by molar-refractivity contribution is 0.192. The number of aromatic nitrogens is 3. The predicted molar refractivity (Wildman–Crippen MR) is 88.2 cm³/mol. The highest BCUT2D eigenvalue weighted by Gasteiger charge is 2.25. The standard InChI is InChI=1S/C18H20N4O2/c1-13-19-17(21-24-13)15-8-5-9-22(10-15)11-16-12-23-18(20-16)14-6-3-2-4-7-14/h2-4,6-7,12,15H,5,8-11H2,1H3/t15-/m1/s1. The maximum atomic E-state index is 5.63. The van der Waals surface area contributed by atoms with Crippen molar-refractivity contribution in [2.75, 3.05) is 13.1 Å². The Balaban J connectivity index is 1.43. The molecule has 24 heavy (non-hydrogen) atoms. The van der Waals surface area contributed by atoms with E-state index in [1.54, 1.807) is 6.26 Å². The number of hydrogen-bond acceptors (Lipinski definition) is 6. The fourth-order valence-electron chi connectivity index (χ4n) is 3.21. The van der Waals surface area contributed by atoms with Crippen LogP contribution >= 0.6 is 0 Å². The number of nitrogens with zero attached hydrogens (tertiary/aromatic N) is 4. The number of hydrogen-bond donors (Lipinski definition) is 0. The molecule has 0 spiro atoms. The van der Waals surface area contributed by atoms with Gasteiger partial charge in [-0.25, -0.2) is 4.98 Å². The van der Waals surface area contributed by atoms with Gasteiger partial charge in [0.15, 0.2) is 5.82 Å². The molecule has 0 aliphatic carbocycles. The highest BCUT2D eigenvalue weighted by molar-refractivity contribution is 5.52. The van der Waals surface area contributed by atoms with Gasteiger partial charge in [0.05, 0.1) is 5.69 Å². The Morgan fingerprint density at radius 1 is 1.21 bits per heavy atom. The second kappa shape index (κ2) is 6.57. The summed E-state index contributed by atoms with van der Waals surface area (Å²) in [5.74, 6) is 2.46. The van der Waals surface area contributed by atoms with Gasteiger partial charge >= 0.3 is 0 Å². The van der Waals surface area contributed by atoms with Crippen LogP contribution in [0.5, 0.6) is 0 Å². The molecule has 2 aromatic heterocycles. The fourth-order valence-corrected chi connectivity index (χ4v) is 3.21. The van der Waals surface area contributed by atoms with Crippen LogP contribution in [0.25, 0.3) is 11.5 Å². The number of oxazole rings is 1. The van der Waals surface area contributed by atoms with Crippen molar-refractivity contribution < 1.29 is 8.94 Å². The van der Waals surface area contributed by atoms with Crippen LogP contribution in [-0.4, -0.2) is 33.1 Å². The SMILES string of the molecule is Cc1nc([C@@H]2CCCN(Cc3coc(-c4ccccc4)n3)C2)no1. The summed E-state index contributed by atoms with van der Waals surface area (Å²) >= 11 is 0. The second-order valence-electron chi connectivity index (χ2n) is 6.26. The molecule has 1 saturated heterocycles. The van der Waals surface area contributed by atoms with E-state index in [9.17, 15) is 0 Å². The molecule has 1 aliphatic rings. The number of piperidine rings is 1. The van der Waals surface area contributed by atoms with Gasteiger partial charge in [0.1, 0.15) is 6.26 Å². The highest BCUT2D eigenvalue weighted by atomic mass is 16.5. The minimum atomic E-state index is 0.330. The van der Waals surface area contributed by atoms with Crippen molar-refractivity contribution in [3.63, 3.8) is 0 Å². The van der Waals surface area contributed by atoms with Crippen LogP contribution in [-0.2, 0) is 6.54 Å². The molecule has 1 aromatic carbocycles. The average Bonchev–Trinajstić information content (AvgIpc) is 3.25. The first-order chi connectivity index (χ1) is 11.8. The van der Waals surface area contributed by atoms with E-state index >= 15 is 0 Å². The van der Waals surface area contributed by atoms with Gasteiger partial charge in [0, 0.05) is 31.5 Å². The molecule has 1 aliphatic heterocycles. The minimum Gasteiger partial charge on any atom is -0.444 e. The first kappa shape index (κ1) is 15.1. The second-order valence-corrected chi connectivity index (χ2v) is 6.26. The Labute approximate surface area is 140 Å². The van der Waals surface area contributed by atoms with Gasteiger partial charge in [-0.2, -0.15) is 4.98 Å². The molecule has 1 fully saturated rings. The summed E-state index contributed by atoms with van der Waals surface area (Å²) in [6.07, 6.45) is 3.98. The fraction of sp³-hybridized carbons (Fsp3) is 0.389. The molecule has 0 amide bonds. The van der Waals surface area contributed by atoms with E-state index in [4.69, 9.17) is 8.94 Å². The van der Waals surface area contributed by atoms with Crippen LogP contribution in [0.2, 0.25) is 0 Å². The van der Waals surface area contributed by atoms with Gasteiger partial charge in [0.25, 0.3) is 0 Å². The van der Waals surface area contributed by atoms with E-state index in [0.717, 1.165) is 49.6 Å². The first-order valence-electron chi connectivity index (χ1n) is 8.30. The Hall–Kier alpha value is -2.47. The van der Waals surface area contributed by atoms with E-state index in [1.807, 2.05) is 37.3 Å². The van der Waals surface area contributed by atoms with Gasteiger partial charge < -0.3 is 8.94 Å². The van der Waals surface area contributed by atoms with Crippen LogP contribution in [0.15, 0.2) is 45.5 Å². The van der Waals surface area contributed by atoms with E-state index in [0.29, 0.717) is 17.7 Å². The lowest BCUT2D eigenvalue weighted by atomic mass is 9.97. The number of benzene rings is 1. The van der Waals surface area contributed by atoms with Crippen LogP contribution < -0.4 is 0 Å². The molecular formula is C18H20N4O2. The Kier molecular flexibility index (Phi) is 4.13. The third-order valence-corrected chi connectivity index (χ3v) is 4.37. The number of aryl methyl sites for hydroxylation is 1. The molecule has 1 atom stereocenters. The minimum absolute atomic E-state index is 0.330. The van der Waals surface area contributed by atoms with Gasteiger partial charge in [0.2, 0.25) is 11.8 Å². The Morgan fingerprint density at radius 2 is 2.08 bits per heavy atom. The summed E-state index contributed by atoms with van der Waals surface area (Å²) in [4.78, 5) is 11.4. The van der Waals surface area contributed by atoms with Crippen molar-refractivity contribution in [3.05, 3.63) is 54.0 Å². The summed E-state index contributed by atoms with van der Waals surface area (Å²) in [6, 6.07) is 9.97. The maximum Gasteiger partial charge on any atom is 0.226 e. The smallest absolute Gasteiger partial charge is 0.226 e. The van der Waals surface area contributed by atoms with Crippen molar-refractivity contribution in [2.45, 2.75) is 32.2 Å². The van der Waals surface area contributed by atoms with Gasteiger partial charge in [-0.1, -0.05) is 23.4 Å². The van der Waals surface area contributed by atoms with Crippen LogP contribution in [0.4, 0.5) is 0 Å². The van der Waals surface area contributed by atoms with Crippen molar-refractivity contribution in [3.8, 4) is 11.5 Å². The summed E-state index contributed by atoms with van der Waals surface area (Å²) in [5.41, 5.74) is 1.96. The molecule has 4 rings (SSSR count). The van der Waals surface area contributed by atoms with E-state index in [-0.39, 0.29) is 0 Å². The van der Waals surface area contributed by atoms with E-state index in [2.05, 4.69) is 20.0 Å². The zero-order valence-corrected chi connectivity index (χ0v) is 13.7. The summed E-state index contributed by atoms with van der Waals surface area (Å²) in [5, 5.41) is 4.08. The lowest BCUT2D eigenvalue weighted by Crippen LogP contribution is -2.34. The van der Waals surface area contributed by atoms with Crippen molar-refractivity contribution in [2.24, 2.45) is 0 Å². The Bertz CT molecular complexity index is 796. The molecule has 6 nitrogen and oxygen atoms in total. The Morgan fingerprint density at radius 3 is 2.88 bits per heavy atom. The van der Waals surface area contributed by atoms with E-state index < -0.39 is 0 Å². The van der Waals surface area contributed by atoms with Crippen molar-refractivity contribution >= 4 is 0 Å². The predicted octanol–water partition coefficient (Wildman–Crippen LogP) is 3.41. The lowest BCUT2D eigenvalue weighted by Gasteiger charge is -2.30. The zero-order chi connectivity index (χ0) is 16.4. The van der Waals surface area contributed by atoms with Gasteiger partial charge in [-0.05, 0) is 31.5 Å². The molecule has 124 valence electrons. The quantitative estimate of drug-likeness (QED) is 0.732. The molecule has 3 heterocycles. The monoisotopic (exact) mass is 324 g/mol. The molecule has 6 heteroatoms. The summed E-state index contributed by atoms with van der Waals surface area (Å²) in [7, 11) is 0. The molecule has 0 radical (unpaired) electrons. The highest BCUT2D eigenvalue weighted by Crippen LogP contribution is 2.26. The third kappa shape index (κ3) is 3.23. The molecule has 0 N–H and O–H groups in total. The van der Waals surface area contributed by atoms with E-state index in [1.165, 1.54) is 0 Å².